The third-order valence-corrected chi connectivity index (χ3v) is 5.49. The predicted octanol–water partition coefficient (Wildman–Crippen LogP) is 4.30. The molecular weight excluding hydrogens is 426 g/mol. The number of aryl methyl sites for hydroxylation is 1. The summed E-state index contributed by atoms with van der Waals surface area (Å²) in [5.41, 5.74) is 2.04. The Kier molecular flexibility index (Phi) is 5.12. The standard InChI is InChI=1S/C17H12BrNO4S2/c1-9-2-4-11(12(18)6-9)13-5-3-10(23-13)7-14-16(22)19(8-15(20)21)17(24)25-14/h2-7H,8H2,1H3,(H,20,21)/b14-7-. The van der Waals surface area contributed by atoms with Gasteiger partial charge in [0.1, 0.15) is 22.4 Å². The summed E-state index contributed by atoms with van der Waals surface area (Å²) in [6.45, 7) is 1.56. The van der Waals surface area contributed by atoms with Crippen molar-refractivity contribution in [3.05, 3.63) is 51.0 Å². The number of carbonyl (C=O) groups is 2. The van der Waals surface area contributed by atoms with Gasteiger partial charge < -0.3 is 9.52 Å². The van der Waals surface area contributed by atoms with E-state index in [1.807, 2.05) is 31.2 Å². The SMILES string of the molecule is Cc1ccc(-c2ccc(/C=C3\SC(=S)N(CC(=O)O)C3=O)o2)c(Br)c1. The number of hydrogen-bond acceptors (Lipinski definition) is 5. The van der Waals surface area contributed by atoms with Crippen molar-refractivity contribution in [3.63, 3.8) is 0 Å². The van der Waals surface area contributed by atoms with Gasteiger partial charge in [0.25, 0.3) is 5.91 Å². The fourth-order valence-corrected chi connectivity index (χ4v) is 4.22. The Hall–Kier alpha value is -1.90. The second kappa shape index (κ2) is 7.15. The Balaban J connectivity index is 1.86. The first-order chi connectivity index (χ1) is 11.8. The quantitative estimate of drug-likeness (QED) is 0.567. The Morgan fingerprint density at radius 1 is 1.40 bits per heavy atom. The van der Waals surface area contributed by atoms with Crippen LogP contribution in [0.3, 0.4) is 0 Å². The van der Waals surface area contributed by atoms with Crippen molar-refractivity contribution in [2.45, 2.75) is 6.92 Å². The number of rotatable bonds is 4. The van der Waals surface area contributed by atoms with Gasteiger partial charge in [-0.05, 0) is 36.8 Å². The summed E-state index contributed by atoms with van der Waals surface area (Å²) >= 11 is 9.65. The lowest BCUT2D eigenvalue weighted by molar-refractivity contribution is -0.140. The molecule has 1 aromatic carbocycles. The van der Waals surface area contributed by atoms with Gasteiger partial charge in [0.15, 0.2) is 0 Å². The molecule has 2 aromatic rings. The molecule has 1 N–H and O–H groups in total. The highest BCUT2D eigenvalue weighted by molar-refractivity contribution is 9.10. The van der Waals surface area contributed by atoms with Crippen LogP contribution in [-0.4, -0.2) is 32.7 Å². The zero-order chi connectivity index (χ0) is 18.1. The van der Waals surface area contributed by atoms with Crippen LogP contribution in [0.5, 0.6) is 0 Å². The van der Waals surface area contributed by atoms with Crippen molar-refractivity contribution in [3.8, 4) is 11.3 Å². The lowest BCUT2D eigenvalue weighted by Gasteiger charge is -2.09. The number of carboxylic acids is 1. The molecule has 1 saturated heterocycles. The summed E-state index contributed by atoms with van der Waals surface area (Å²) in [5.74, 6) is -0.369. The normalized spacial score (nSPS) is 16.1. The minimum Gasteiger partial charge on any atom is -0.480 e. The van der Waals surface area contributed by atoms with Gasteiger partial charge in [0.2, 0.25) is 0 Å². The molecule has 1 aliphatic rings. The Morgan fingerprint density at radius 3 is 2.84 bits per heavy atom. The number of carbonyl (C=O) groups excluding carboxylic acids is 1. The van der Waals surface area contributed by atoms with E-state index < -0.39 is 18.4 Å². The summed E-state index contributed by atoms with van der Waals surface area (Å²) in [4.78, 5) is 24.5. The number of hydrogen-bond donors (Lipinski definition) is 1. The Morgan fingerprint density at radius 2 is 2.16 bits per heavy atom. The number of carboxylic acid groups (broad SMARTS) is 1. The minimum atomic E-state index is -1.11. The smallest absolute Gasteiger partial charge is 0.323 e. The molecule has 0 saturated carbocycles. The lowest BCUT2D eigenvalue weighted by Crippen LogP contribution is -2.33. The molecule has 3 rings (SSSR count). The van der Waals surface area contributed by atoms with Crippen LogP contribution in [0, 0.1) is 6.92 Å². The van der Waals surface area contributed by atoms with E-state index in [1.54, 1.807) is 12.1 Å². The highest BCUT2D eigenvalue weighted by Crippen LogP contribution is 2.34. The van der Waals surface area contributed by atoms with Crippen LogP contribution in [0.4, 0.5) is 0 Å². The van der Waals surface area contributed by atoms with E-state index in [0.29, 0.717) is 16.4 Å². The summed E-state index contributed by atoms with van der Waals surface area (Å²) in [7, 11) is 0. The Bertz CT molecular complexity index is 919. The summed E-state index contributed by atoms with van der Waals surface area (Å²) in [6, 6.07) is 9.51. The second-order valence-electron chi connectivity index (χ2n) is 5.35. The van der Waals surface area contributed by atoms with Crippen LogP contribution in [0.2, 0.25) is 0 Å². The molecular formula is C17H12BrNO4S2. The van der Waals surface area contributed by atoms with E-state index >= 15 is 0 Å². The number of halogens is 1. The molecule has 1 aliphatic heterocycles. The minimum absolute atomic E-state index is 0.228. The lowest BCUT2D eigenvalue weighted by atomic mass is 10.1. The van der Waals surface area contributed by atoms with Gasteiger partial charge in [0, 0.05) is 16.1 Å². The zero-order valence-electron chi connectivity index (χ0n) is 13.0. The first-order valence-corrected chi connectivity index (χ1v) is 9.20. The molecule has 1 amide bonds. The molecule has 0 unspecified atom stereocenters. The van der Waals surface area contributed by atoms with Crippen molar-refractivity contribution < 1.29 is 19.1 Å². The van der Waals surface area contributed by atoms with Gasteiger partial charge in [-0.25, -0.2) is 0 Å². The predicted molar refractivity (Wildman–Crippen MR) is 104 cm³/mol. The molecule has 0 atom stereocenters. The molecule has 5 nitrogen and oxygen atoms in total. The largest absolute Gasteiger partial charge is 0.480 e. The van der Waals surface area contributed by atoms with E-state index in [4.69, 9.17) is 21.7 Å². The molecule has 8 heteroatoms. The average Bonchev–Trinajstić information content (AvgIpc) is 3.08. The monoisotopic (exact) mass is 437 g/mol. The molecule has 2 heterocycles. The summed E-state index contributed by atoms with van der Waals surface area (Å²) in [5, 5.41) is 8.86. The van der Waals surface area contributed by atoms with Crippen molar-refractivity contribution in [1.29, 1.82) is 0 Å². The van der Waals surface area contributed by atoms with Gasteiger partial charge >= 0.3 is 5.97 Å². The molecule has 25 heavy (non-hydrogen) atoms. The average molecular weight is 438 g/mol. The molecule has 0 bridgehead atoms. The number of benzene rings is 1. The molecule has 1 fully saturated rings. The molecule has 1 aromatic heterocycles. The number of thioether (sulfide) groups is 1. The first-order valence-electron chi connectivity index (χ1n) is 7.18. The van der Waals surface area contributed by atoms with Crippen molar-refractivity contribution >= 4 is 62.2 Å². The summed E-state index contributed by atoms with van der Waals surface area (Å²) < 4.78 is 6.95. The topological polar surface area (TPSA) is 70.8 Å². The zero-order valence-corrected chi connectivity index (χ0v) is 16.2. The number of aliphatic carboxylic acids is 1. The maximum atomic E-state index is 12.3. The maximum absolute atomic E-state index is 12.3. The first kappa shape index (κ1) is 17.9. The van der Waals surface area contributed by atoms with Gasteiger partial charge in [-0.2, -0.15) is 0 Å². The molecule has 0 spiro atoms. The van der Waals surface area contributed by atoms with Crippen molar-refractivity contribution in [2.75, 3.05) is 6.54 Å². The van der Waals surface area contributed by atoms with Gasteiger partial charge in [-0.1, -0.05) is 46.0 Å². The van der Waals surface area contributed by atoms with Crippen LogP contribution in [0.25, 0.3) is 17.4 Å². The van der Waals surface area contributed by atoms with Crippen LogP contribution in [-0.2, 0) is 9.59 Å². The maximum Gasteiger partial charge on any atom is 0.323 e. The van der Waals surface area contributed by atoms with Gasteiger partial charge in [-0.3, -0.25) is 14.5 Å². The third-order valence-electron chi connectivity index (χ3n) is 3.46. The van der Waals surface area contributed by atoms with E-state index in [9.17, 15) is 9.59 Å². The van der Waals surface area contributed by atoms with Crippen LogP contribution in [0.15, 0.2) is 44.1 Å². The van der Waals surface area contributed by atoms with Gasteiger partial charge in [-0.15, -0.1) is 0 Å². The van der Waals surface area contributed by atoms with Crippen LogP contribution >= 0.6 is 39.9 Å². The van der Waals surface area contributed by atoms with Crippen LogP contribution < -0.4 is 0 Å². The summed E-state index contributed by atoms with van der Waals surface area (Å²) in [6.07, 6.45) is 1.58. The fourth-order valence-electron chi connectivity index (χ4n) is 2.30. The van der Waals surface area contributed by atoms with Crippen LogP contribution in [0.1, 0.15) is 11.3 Å². The number of nitrogens with zero attached hydrogens (tertiary/aromatic N) is 1. The van der Waals surface area contributed by atoms with E-state index in [2.05, 4.69) is 15.9 Å². The van der Waals surface area contributed by atoms with Crippen molar-refractivity contribution in [2.24, 2.45) is 0 Å². The van der Waals surface area contributed by atoms with E-state index in [0.717, 1.165) is 32.3 Å². The molecule has 128 valence electrons. The highest BCUT2D eigenvalue weighted by atomic mass is 79.9. The van der Waals surface area contributed by atoms with Gasteiger partial charge in [0.05, 0.1) is 4.91 Å². The number of furan rings is 1. The van der Waals surface area contributed by atoms with E-state index in [-0.39, 0.29) is 4.32 Å². The number of amides is 1. The highest BCUT2D eigenvalue weighted by Gasteiger charge is 2.33. The molecule has 0 aliphatic carbocycles. The fraction of sp³-hybridized carbons (Fsp3) is 0.118. The van der Waals surface area contributed by atoms with E-state index in [1.165, 1.54) is 0 Å². The van der Waals surface area contributed by atoms with Crippen molar-refractivity contribution in [1.82, 2.24) is 4.90 Å². The second-order valence-corrected chi connectivity index (χ2v) is 7.88. The third kappa shape index (κ3) is 3.86. The molecule has 0 radical (unpaired) electrons. The Labute approximate surface area is 161 Å². The number of thiocarbonyl (C=S) groups is 1.